The lowest BCUT2D eigenvalue weighted by atomic mass is 10.3. The van der Waals surface area contributed by atoms with Crippen LogP contribution in [0.2, 0.25) is 0 Å². The van der Waals surface area contributed by atoms with Gasteiger partial charge in [-0.2, -0.15) is 0 Å². The molecule has 74 valence electrons. The van der Waals surface area contributed by atoms with E-state index < -0.39 is 0 Å². The van der Waals surface area contributed by atoms with Gasteiger partial charge >= 0.3 is 0 Å². The fourth-order valence-corrected chi connectivity index (χ4v) is 2.70. The minimum Gasteiger partial charge on any atom is -0.464 e. The highest BCUT2D eigenvalue weighted by Crippen LogP contribution is 2.38. The van der Waals surface area contributed by atoms with Crippen molar-refractivity contribution in [3.63, 3.8) is 0 Å². The zero-order valence-electron chi connectivity index (χ0n) is 7.94. The standard InChI is InChI=1S/C12H9O2P/c1-3-9(13-7-1)11-5-6-12(15-11)10-4-2-8-14-10/h1-8,15H. The first-order valence-corrected chi connectivity index (χ1v) is 5.70. The van der Waals surface area contributed by atoms with Gasteiger partial charge in [0.05, 0.1) is 12.5 Å². The van der Waals surface area contributed by atoms with Crippen molar-refractivity contribution < 1.29 is 8.83 Å². The Morgan fingerprint density at radius 2 is 1.27 bits per heavy atom. The first-order chi connectivity index (χ1) is 7.43. The molecule has 0 atom stereocenters. The lowest BCUT2D eigenvalue weighted by molar-refractivity contribution is 0.584. The van der Waals surface area contributed by atoms with Gasteiger partial charge in [0, 0.05) is 10.6 Å². The van der Waals surface area contributed by atoms with Gasteiger partial charge in [-0.3, -0.25) is 0 Å². The topological polar surface area (TPSA) is 26.3 Å². The number of hydrogen-bond donors (Lipinski definition) is 0. The lowest BCUT2D eigenvalue weighted by Crippen LogP contribution is -1.58. The van der Waals surface area contributed by atoms with Crippen molar-refractivity contribution in [1.82, 2.24) is 0 Å². The summed E-state index contributed by atoms with van der Waals surface area (Å²) < 4.78 is 10.7. The molecule has 3 heteroatoms. The average molecular weight is 216 g/mol. The fourth-order valence-electron chi connectivity index (χ4n) is 1.55. The minimum absolute atomic E-state index is 0.614. The van der Waals surface area contributed by atoms with Gasteiger partial charge < -0.3 is 8.83 Å². The molecule has 0 bridgehead atoms. The molecule has 0 unspecified atom stereocenters. The molecule has 0 aliphatic heterocycles. The van der Waals surface area contributed by atoms with E-state index in [1.807, 2.05) is 24.3 Å². The zero-order chi connectivity index (χ0) is 10.1. The lowest BCUT2D eigenvalue weighted by Gasteiger charge is -1.90. The highest BCUT2D eigenvalue weighted by atomic mass is 31.0. The predicted octanol–water partition coefficient (Wildman–Crippen LogP) is 4.24. The smallest absolute Gasteiger partial charge is 0.137 e. The Balaban J connectivity index is 2.02. The van der Waals surface area contributed by atoms with Gasteiger partial charge in [0.25, 0.3) is 0 Å². The van der Waals surface area contributed by atoms with Gasteiger partial charge in [0.2, 0.25) is 0 Å². The molecule has 2 nitrogen and oxygen atoms in total. The Bertz CT molecular complexity index is 483. The molecule has 0 radical (unpaired) electrons. The summed E-state index contributed by atoms with van der Waals surface area (Å²) in [5, 5.41) is 2.46. The fraction of sp³-hybridized carbons (Fsp3) is 0. The van der Waals surface area contributed by atoms with Gasteiger partial charge in [0.1, 0.15) is 11.5 Å². The minimum atomic E-state index is 0.614. The second kappa shape index (κ2) is 3.48. The summed E-state index contributed by atoms with van der Waals surface area (Å²) in [7, 11) is 0.614. The molecule has 0 saturated carbocycles. The predicted molar refractivity (Wildman–Crippen MR) is 61.3 cm³/mol. The van der Waals surface area contributed by atoms with Crippen molar-refractivity contribution in [2.24, 2.45) is 0 Å². The van der Waals surface area contributed by atoms with E-state index in [2.05, 4.69) is 12.1 Å². The molecule has 3 heterocycles. The van der Waals surface area contributed by atoms with Crippen LogP contribution in [0.15, 0.2) is 57.8 Å². The van der Waals surface area contributed by atoms with Crippen LogP contribution in [0.4, 0.5) is 0 Å². The van der Waals surface area contributed by atoms with Crippen LogP contribution in [0.5, 0.6) is 0 Å². The summed E-state index contributed by atoms with van der Waals surface area (Å²) in [6, 6.07) is 12.0. The monoisotopic (exact) mass is 216 g/mol. The Labute approximate surface area is 88.6 Å². The van der Waals surface area contributed by atoms with E-state index in [-0.39, 0.29) is 0 Å². The van der Waals surface area contributed by atoms with E-state index in [4.69, 9.17) is 8.83 Å². The van der Waals surface area contributed by atoms with E-state index in [1.54, 1.807) is 12.5 Å². The largest absolute Gasteiger partial charge is 0.464 e. The van der Waals surface area contributed by atoms with Gasteiger partial charge in [-0.05, 0) is 36.4 Å². The number of hydrogen-bond acceptors (Lipinski definition) is 2. The quantitative estimate of drug-likeness (QED) is 0.640. The van der Waals surface area contributed by atoms with E-state index >= 15 is 0 Å². The highest BCUT2D eigenvalue weighted by Gasteiger charge is 2.06. The van der Waals surface area contributed by atoms with Crippen molar-refractivity contribution in [1.29, 1.82) is 0 Å². The molecular weight excluding hydrogens is 207 g/mol. The first-order valence-electron chi connectivity index (χ1n) is 4.70. The van der Waals surface area contributed by atoms with Crippen molar-refractivity contribution in [3.8, 4) is 22.1 Å². The molecule has 0 fully saturated rings. The molecule has 0 N–H and O–H groups in total. The number of furan rings is 2. The average Bonchev–Trinajstić information content (AvgIpc) is 3.02. The Morgan fingerprint density at radius 3 is 1.67 bits per heavy atom. The molecule has 0 spiro atoms. The van der Waals surface area contributed by atoms with Gasteiger partial charge in [-0.25, -0.2) is 0 Å². The maximum atomic E-state index is 5.36. The molecule has 0 aromatic carbocycles. The first kappa shape index (κ1) is 8.63. The Hall–Kier alpha value is -1.66. The van der Waals surface area contributed by atoms with Crippen LogP contribution in [-0.2, 0) is 0 Å². The van der Waals surface area contributed by atoms with Crippen LogP contribution in [0.3, 0.4) is 0 Å². The second-order valence-electron chi connectivity index (χ2n) is 3.24. The Kier molecular flexibility index (Phi) is 2.01. The molecule has 3 rings (SSSR count). The van der Waals surface area contributed by atoms with E-state index in [1.165, 1.54) is 10.6 Å². The van der Waals surface area contributed by atoms with Crippen LogP contribution in [-0.4, -0.2) is 0 Å². The molecule has 3 aromatic rings. The summed E-state index contributed by atoms with van der Waals surface area (Å²) in [6.45, 7) is 0. The molecule has 3 aromatic heterocycles. The molecule has 15 heavy (non-hydrogen) atoms. The van der Waals surface area contributed by atoms with E-state index in [0.717, 1.165) is 11.5 Å². The van der Waals surface area contributed by atoms with Gasteiger partial charge in [-0.15, -0.1) is 8.19 Å². The van der Waals surface area contributed by atoms with E-state index in [9.17, 15) is 0 Å². The van der Waals surface area contributed by atoms with E-state index in [0.29, 0.717) is 8.19 Å². The maximum absolute atomic E-state index is 5.36. The van der Waals surface area contributed by atoms with Crippen molar-refractivity contribution in [3.05, 3.63) is 48.9 Å². The van der Waals surface area contributed by atoms with Crippen LogP contribution in [0.1, 0.15) is 0 Å². The van der Waals surface area contributed by atoms with Gasteiger partial charge in [-0.1, -0.05) is 0 Å². The Morgan fingerprint density at radius 1 is 0.733 bits per heavy atom. The third-order valence-electron chi connectivity index (χ3n) is 2.26. The summed E-state index contributed by atoms with van der Waals surface area (Å²) in [5.74, 6) is 1.90. The molecule has 0 saturated heterocycles. The van der Waals surface area contributed by atoms with Crippen molar-refractivity contribution in [2.45, 2.75) is 0 Å². The summed E-state index contributed by atoms with van der Waals surface area (Å²) in [4.78, 5) is 0. The van der Waals surface area contributed by atoms with Crippen LogP contribution < -0.4 is 0 Å². The third-order valence-corrected chi connectivity index (χ3v) is 3.62. The second-order valence-corrected chi connectivity index (χ2v) is 4.57. The van der Waals surface area contributed by atoms with Crippen molar-refractivity contribution >= 4 is 8.19 Å². The molecule has 0 aliphatic rings. The highest BCUT2D eigenvalue weighted by molar-refractivity contribution is 7.37. The molecule has 0 aliphatic carbocycles. The number of rotatable bonds is 2. The van der Waals surface area contributed by atoms with Gasteiger partial charge in [0.15, 0.2) is 0 Å². The maximum Gasteiger partial charge on any atom is 0.137 e. The SMILES string of the molecule is c1coc(-c2ccc(-c3ccco3)[pH]2)c1. The summed E-state index contributed by atoms with van der Waals surface area (Å²) in [6.07, 6.45) is 3.40. The third kappa shape index (κ3) is 1.53. The van der Waals surface area contributed by atoms with Crippen LogP contribution >= 0.6 is 8.19 Å². The van der Waals surface area contributed by atoms with Crippen LogP contribution in [0, 0.1) is 0 Å². The molecule has 0 amide bonds. The van der Waals surface area contributed by atoms with Crippen molar-refractivity contribution in [2.75, 3.05) is 0 Å². The summed E-state index contributed by atoms with van der Waals surface area (Å²) in [5.41, 5.74) is 0. The normalized spacial score (nSPS) is 10.7. The molecular formula is C12H9O2P. The van der Waals surface area contributed by atoms with Crippen LogP contribution in [0.25, 0.3) is 22.1 Å². The summed E-state index contributed by atoms with van der Waals surface area (Å²) >= 11 is 0. The zero-order valence-corrected chi connectivity index (χ0v) is 8.94.